The number of halogens is 2. The number of thioether (sulfide) groups is 1. The summed E-state index contributed by atoms with van der Waals surface area (Å²) in [6.45, 7) is 1.57. The summed E-state index contributed by atoms with van der Waals surface area (Å²) in [5.74, 6) is 0.0269. The number of aromatic hydroxyl groups is 1. The Kier molecular flexibility index (Phi) is 6.65. The molecule has 3 aromatic rings. The molecule has 29 heavy (non-hydrogen) atoms. The van der Waals surface area contributed by atoms with E-state index in [2.05, 4.69) is 23.5 Å². The third kappa shape index (κ3) is 4.49. The third-order valence-electron chi connectivity index (χ3n) is 4.84. The number of hydrogen-bond donors (Lipinski definition) is 1. The summed E-state index contributed by atoms with van der Waals surface area (Å²) < 4.78 is 16.0. The highest BCUT2D eigenvalue weighted by Crippen LogP contribution is 2.36. The minimum atomic E-state index is -0.599. The van der Waals surface area contributed by atoms with Gasteiger partial charge in [0.2, 0.25) is 0 Å². The van der Waals surface area contributed by atoms with Crippen molar-refractivity contribution in [2.24, 2.45) is 7.05 Å². The largest absolute Gasteiger partial charge is 0.505 e. The predicted octanol–water partition coefficient (Wildman–Crippen LogP) is 4.90. The van der Waals surface area contributed by atoms with Crippen molar-refractivity contribution in [2.75, 3.05) is 6.26 Å². The SMILES string of the molecule is CSCc1ccc(CCc2c(Cl)ccc(F)c2-c2c(O)c(C)nn(C)c2=O)cc1. The van der Waals surface area contributed by atoms with Gasteiger partial charge in [0, 0.05) is 23.4 Å². The molecule has 0 saturated heterocycles. The van der Waals surface area contributed by atoms with Crippen molar-refractivity contribution in [2.45, 2.75) is 25.5 Å². The second-order valence-corrected chi connectivity index (χ2v) is 8.14. The molecule has 0 radical (unpaired) electrons. The van der Waals surface area contributed by atoms with Crippen LogP contribution in [0.15, 0.2) is 41.2 Å². The molecule has 0 aliphatic heterocycles. The average molecular weight is 433 g/mol. The molecule has 0 fully saturated rings. The molecule has 2 aromatic carbocycles. The van der Waals surface area contributed by atoms with E-state index in [0.29, 0.717) is 23.4 Å². The highest BCUT2D eigenvalue weighted by atomic mass is 35.5. The Balaban J connectivity index is 2.04. The minimum Gasteiger partial charge on any atom is -0.505 e. The zero-order valence-electron chi connectivity index (χ0n) is 16.5. The van der Waals surface area contributed by atoms with Gasteiger partial charge >= 0.3 is 0 Å². The van der Waals surface area contributed by atoms with Crippen LogP contribution in [0.3, 0.4) is 0 Å². The number of rotatable bonds is 6. The molecule has 0 bridgehead atoms. The number of hydrogen-bond acceptors (Lipinski definition) is 4. The summed E-state index contributed by atoms with van der Waals surface area (Å²) in [6, 6.07) is 10.9. The molecule has 1 aromatic heterocycles. The summed E-state index contributed by atoms with van der Waals surface area (Å²) in [7, 11) is 1.47. The molecule has 1 heterocycles. The minimum absolute atomic E-state index is 0.0418. The summed E-state index contributed by atoms with van der Waals surface area (Å²) >= 11 is 8.15. The first-order chi connectivity index (χ1) is 13.8. The Labute approximate surface area is 178 Å². The highest BCUT2D eigenvalue weighted by Gasteiger charge is 2.23. The standard InChI is InChI=1S/C22H22ClFN2O2S/c1-13-21(27)20(22(28)26(2)25-13)19-16(17(23)10-11-18(19)24)9-8-14-4-6-15(7-5-14)12-29-3/h4-7,10-11,27H,8-9,12H2,1-3H3. The second kappa shape index (κ2) is 9.01. The van der Waals surface area contributed by atoms with Gasteiger partial charge in [0.1, 0.15) is 11.5 Å². The molecule has 0 unspecified atom stereocenters. The van der Waals surface area contributed by atoms with Crippen LogP contribution in [0, 0.1) is 12.7 Å². The molecule has 7 heteroatoms. The van der Waals surface area contributed by atoms with Crippen LogP contribution in [0.2, 0.25) is 5.02 Å². The Morgan fingerprint density at radius 3 is 2.41 bits per heavy atom. The van der Waals surface area contributed by atoms with Crippen LogP contribution in [0.5, 0.6) is 5.75 Å². The van der Waals surface area contributed by atoms with Crippen LogP contribution < -0.4 is 5.56 Å². The second-order valence-electron chi connectivity index (χ2n) is 6.87. The van der Waals surface area contributed by atoms with E-state index in [4.69, 9.17) is 11.6 Å². The molecular formula is C22H22ClFN2O2S. The van der Waals surface area contributed by atoms with Crippen molar-refractivity contribution in [1.82, 2.24) is 9.78 Å². The fourth-order valence-electron chi connectivity index (χ4n) is 3.33. The maximum absolute atomic E-state index is 14.9. The van der Waals surface area contributed by atoms with Crippen molar-refractivity contribution in [3.63, 3.8) is 0 Å². The summed E-state index contributed by atoms with van der Waals surface area (Å²) in [5.41, 5.74) is 2.44. The lowest BCUT2D eigenvalue weighted by Crippen LogP contribution is -2.23. The molecule has 0 atom stereocenters. The van der Waals surface area contributed by atoms with Crippen LogP contribution in [0.25, 0.3) is 11.1 Å². The molecule has 0 aliphatic rings. The van der Waals surface area contributed by atoms with Gasteiger partial charge in [-0.15, -0.1) is 0 Å². The Bertz CT molecular complexity index is 1100. The third-order valence-corrected chi connectivity index (χ3v) is 5.82. The lowest BCUT2D eigenvalue weighted by atomic mass is 9.94. The lowest BCUT2D eigenvalue weighted by molar-refractivity contribution is 0.460. The number of benzene rings is 2. The molecule has 3 rings (SSSR count). The van der Waals surface area contributed by atoms with E-state index in [1.165, 1.54) is 24.7 Å². The molecular weight excluding hydrogens is 411 g/mol. The van der Waals surface area contributed by atoms with Gasteiger partial charge in [-0.05, 0) is 54.8 Å². The van der Waals surface area contributed by atoms with Gasteiger partial charge in [-0.2, -0.15) is 16.9 Å². The van der Waals surface area contributed by atoms with E-state index < -0.39 is 11.4 Å². The topological polar surface area (TPSA) is 55.1 Å². The Hall–Kier alpha value is -2.31. The molecule has 4 nitrogen and oxygen atoms in total. The van der Waals surface area contributed by atoms with E-state index in [1.54, 1.807) is 18.7 Å². The summed E-state index contributed by atoms with van der Waals surface area (Å²) in [6.07, 6.45) is 3.11. The van der Waals surface area contributed by atoms with E-state index in [-0.39, 0.29) is 22.6 Å². The lowest BCUT2D eigenvalue weighted by Gasteiger charge is -2.15. The van der Waals surface area contributed by atoms with Crippen LogP contribution >= 0.6 is 23.4 Å². The average Bonchev–Trinajstić information content (AvgIpc) is 2.70. The van der Waals surface area contributed by atoms with E-state index >= 15 is 0 Å². The van der Waals surface area contributed by atoms with Crippen molar-refractivity contribution in [1.29, 1.82) is 0 Å². The van der Waals surface area contributed by atoms with E-state index in [0.717, 1.165) is 16.0 Å². The summed E-state index contributed by atoms with van der Waals surface area (Å²) in [4.78, 5) is 12.7. The van der Waals surface area contributed by atoms with Gasteiger partial charge < -0.3 is 5.11 Å². The smallest absolute Gasteiger partial charge is 0.278 e. The van der Waals surface area contributed by atoms with Gasteiger partial charge in [-0.1, -0.05) is 35.9 Å². The van der Waals surface area contributed by atoms with Crippen molar-refractivity contribution in [3.05, 3.63) is 80.0 Å². The maximum atomic E-state index is 14.9. The Morgan fingerprint density at radius 2 is 1.76 bits per heavy atom. The van der Waals surface area contributed by atoms with Crippen LogP contribution in [0.4, 0.5) is 4.39 Å². The first-order valence-electron chi connectivity index (χ1n) is 9.14. The van der Waals surface area contributed by atoms with Crippen LogP contribution in [-0.4, -0.2) is 21.1 Å². The van der Waals surface area contributed by atoms with Gasteiger partial charge in [-0.3, -0.25) is 4.79 Å². The summed E-state index contributed by atoms with van der Waals surface area (Å²) in [5, 5.41) is 14.8. The van der Waals surface area contributed by atoms with Crippen molar-refractivity contribution in [3.8, 4) is 16.9 Å². The predicted molar refractivity (Wildman–Crippen MR) is 117 cm³/mol. The number of nitrogens with zero attached hydrogens (tertiary/aromatic N) is 2. The van der Waals surface area contributed by atoms with E-state index in [9.17, 15) is 14.3 Å². The van der Waals surface area contributed by atoms with Crippen molar-refractivity contribution >= 4 is 23.4 Å². The zero-order valence-corrected chi connectivity index (χ0v) is 18.1. The van der Waals surface area contributed by atoms with Crippen molar-refractivity contribution < 1.29 is 9.50 Å². The fraction of sp³-hybridized carbons (Fsp3) is 0.273. The maximum Gasteiger partial charge on any atom is 0.278 e. The first kappa shape index (κ1) is 21.4. The number of aryl methyl sites for hydroxylation is 3. The monoisotopic (exact) mass is 432 g/mol. The zero-order chi connectivity index (χ0) is 21.1. The molecule has 0 spiro atoms. The molecule has 0 saturated carbocycles. The molecule has 0 amide bonds. The molecule has 152 valence electrons. The molecule has 1 N–H and O–H groups in total. The van der Waals surface area contributed by atoms with Gasteiger partial charge in [0.15, 0.2) is 5.75 Å². The first-order valence-corrected chi connectivity index (χ1v) is 10.9. The number of aromatic nitrogens is 2. The van der Waals surface area contributed by atoms with Gasteiger partial charge in [-0.25, -0.2) is 9.07 Å². The van der Waals surface area contributed by atoms with Gasteiger partial charge in [0.05, 0.1) is 5.56 Å². The Morgan fingerprint density at radius 1 is 1.10 bits per heavy atom. The van der Waals surface area contributed by atoms with Crippen LogP contribution in [0.1, 0.15) is 22.4 Å². The van der Waals surface area contributed by atoms with Gasteiger partial charge in [0.25, 0.3) is 5.56 Å². The highest BCUT2D eigenvalue weighted by molar-refractivity contribution is 7.97. The molecule has 0 aliphatic carbocycles. The fourth-order valence-corrected chi connectivity index (χ4v) is 4.11. The quantitative estimate of drug-likeness (QED) is 0.601. The van der Waals surface area contributed by atoms with E-state index in [1.807, 2.05) is 12.1 Å². The van der Waals surface area contributed by atoms with Crippen LogP contribution in [-0.2, 0) is 25.6 Å². The normalized spacial score (nSPS) is 11.1.